The Balaban J connectivity index is 1.35. The Morgan fingerprint density at radius 1 is 1.23 bits per heavy atom. The summed E-state index contributed by atoms with van der Waals surface area (Å²) in [6.45, 7) is 5.06. The Bertz CT molecular complexity index is 790. The van der Waals surface area contributed by atoms with Crippen molar-refractivity contribution in [3.05, 3.63) is 41.0 Å². The summed E-state index contributed by atoms with van der Waals surface area (Å²) in [7, 11) is 0. The van der Waals surface area contributed by atoms with Crippen LogP contribution in [0, 0.1) is 12.8 Å². The first kappa shape index (κ1) is 17.0. The Morgan fingerprint density at radius 2 is 1.92 bits per heavy atom. The number of aryl methyl sites for hydroxylation is 2. The Labute approximate surface area is 152 Å². The van der Waals surface area contributed by atoms with E-state index in [-0.39, 0.29) is 24.3 Å². The van der Waals surface area contributed by atoms with E-state index in [9.17, 15) is 9.59 Å². The molecule has 0 saturated carbocycles. The van der Waals surface area contributed by atoms with E-state index in [1.54, 1.807) is 4.90 Å². The van der Waals surface area contributed by atoms with E-state index in [0.717, 1.165) is 30.9 Å². The molecule has 138 valence electrons. The highest BCUT2D eigenvalue weighted by atomic mass is 16.2. The molecular weight excluding hydrogens is 332 g/mol. The van der Waals surface area contributed by atoms with Crippen LogP contribution in [0.4, 0.5) is 0 Å². The molecule has 1 aromatic heterocycles. The summed E-state index contributed by atoms with van der Waals surface area (Å²) in [5, 5.41) is 8.79. The second kappa shape index (κ2) is 6.72. The van der Waals surface area contributed by atoms with Crippen molar-refractivity contribution in [3.63, 3.8) is 0 Å². The first-order chi connectivity index (χ1) is 12.6. The van der Waals surface area contributed by atoms with Crippen LogP contribution in [0.5, 0.6) is 0 Å². The van der Waals surface area contributed by atoms with Gasteiger partial charge in [0, 0.05) is 57.1 Å². The Kier molecular flexibility index (Phi) is 4.40. The van der Waals surface area contributed by atoms with E-state index in [4.69, 9.17) is 5.11 Å². The molecule has 0 radical (unpaired) electrons. The zero-order valence-electron chi connectivity index (χ0n) is 15.0. The summed E-state index contributed by atoms with van der Waals surface area (Å²) >= 11 is 0. The molecule has 1 N–H and O–H groups in total. The molecule has 0 saturated heterocycles. The summed E-state index contributed by atoms with van der Waals surface area (Å²) in [6.07, 6.45) is 6.46. The normalized spacial score (nSPS) is 22.3. The number of imidazole rings is 1. The van der Waals surface area contributed by atoms with E-state index in [2.05, 4.69) is 9.55 Å². The van der Waals surface area contributed by atoms with Crippen LogP contribution >= 0.6 is 0 Å². The number of aliphatic hydroxyl groups is 1. The average molecular weight is 356 g/mol. The number of carbonyl (C=O) groups is 2. The SMILES string of the molecule is Cc1cnc2n1CC(C(=O)N1CC3=C(CN(C(=O)/C=C/CO)C3)C1)CC2. The van der Waals surface area contributed by atoms with Gasteiger partial charge < -0.3 is 19.5 Å². The third-order valence-corrected chi connectivity index (χ3v) is 5.62. The molecule has 3 aliphatic rings. The van der Waals surface area contributed by atoms with E-state index < -0.39 is 0 Å². The number of nitrogens with zero attached hydrogens (tertiary/aromatic N) is 4. The van der Waals surface area contributed by atoms with E-state index >= 15 is 0 Å². The van der Waals surface area contributed by atoms with Gasteiger partial charge in [-0.1, -0.05) is 6.08 Å². The summed E-state index contributed by atoms with van der Waals surface area (Å²) in [5.41, 5.74) is 3.50. The summed E-state index contributed by atoms with van der Waals surface area (Å²) in [5.74, 6) is 1.23. The molecule has 1 atom stereocenters. The van der Waals surface area contributed by atoms with E-state index in [1.807, 2.05) is 18.0 Å². The van der Waals surface area contributed by atoms with E-state index in [1.165, 1.54) is 23.3 Å². The lowest BCUT2D eigenvalue weighted by atomic mass is 9.97. The lowest BCUT2D eigenvalue weighted by Gasteiger charge is -2.29. The maximum Gasteiger partial charge on any atom is 0.246 e. The largest absolute Gasteiger partial charge is 0.392 e. The first-order valence-corrected chi connectivity index (χ1v) is 9.12. The fourth-order valence-electron chi connectivity index (χ4n) is 4.19. The molecule has 0 aliphatic carbocycles. The zero-order chi connectivity index (χ0) is 18.3. The quantitative estimate of drug-likeness (QED) is 0.623. The second-order valence-electron chi connectivity index (χ2n) is 7.34. The molecule has 4 rings (SSSR count). The standard InChI is InChI=1S/C19H24N4O3/c1-13-7-20-17-5-4-14(12-23(13)17)19(26)22-10-15-8-21(9-16(15)11-22)18(25)3-2-6-24/h2-3,7,14,24H,4-6,8-12H2,1H3/b3-2+. The summed E-state index contributed by atoms with van der Waals surface area (Å²) in [4.78, 5) is 33.1. The van der Waals surface area contributed by atoms with Gasteiger partial charge in [-0.25, -0.2) is 4.98 Å². The van der Waals surface area contributed by atoms with Crippen molar-refractivity contribution in [1.82, 2.24) is 19.4 Å². The minimum absolute atomic E-state index is 0.0145. The van der Waals surface area contributed by atoms with Crippen LogP contribution < -0.4 is 0 Å². The molecule has 7 heteroatoms. The Morgan fingerprint density at radius 3 is 2.62 bits per heavy atom. The number of rotatable bonds is 3. The van der Waals surface area contributed by atoms with Gasteiger partial charge >= 0.3 is 0 Å². The number of fused-ring (bicyclic) bond motifs is 1. The fraction of sp³-hybridized carbons (Fsp3) is 0.526. The summed E-state index contributed by atoms with van der Waals surface area (Å²) < 4.78 is 2.16. The third-order valence-electron chi connectivity index (χ3n) is 5.62. The van der Waals surface area contributed by atoms with Gasteiger partial charge in [-0.05, 0) is 24.5 Å². The van der Waals surface area contributed by atoms with Crippen molar-refractivity contribution in [2.75, 3.05) is 32.8 Å². The van der Waals surface area contributed by atoms with Gasteiger partial charge in [0.25, 0.3) is 0 Å². The maximum absolute atomic E-state index is 13.0. The molecule has 0 fully saturated rings. The van der Waals surface area contributed by atoms with Gasteiger partial charge in [-0.2, -0.15) is 0 Å². The smallest absolute Gasteiger partial charge is 0.246 e. The molecule has 2 amide bonds. The fourth-order valence-corrected chi connectivity index (χ4v) is 4.19. The highest BCUT2D eigenvalue weighted by molar-refractivity contribution is 5.89. The molecule has 0 aromatic carbocycles. The third kappa shape index (κ3) is 2.96. The lowest BCUT2D eigenvalue weighted by molar-refractivity contribution is -0.135. The number of carbonyl (C=O) groups excluding carboxylic acids is 2. The molecule has 3 aliphatic heterocycles. The monoisotopic (exact) mass is 356 g/mol. The van der Waals surface area contributed by atoms with Crippen LogP contribution in [-0.2, 0) is 22.6 Å². The number of hydrogen-bond acceptors (Lipinski definition) is 4. The van der Waals surface area contributed by atoms with Crippen molar-refractivity contribution in [1.29, 1.82) is 0 Å². The van der Waals surface area contributed by atoms with Crippen molar-refractivity contribution in [3.8, 4) is 0 Å². The van der Waals surface area contributed by atoms with Crippen LogP contribution in [0.3, 0.4) is 0 Å². The highest BCUT2D eigenvalue weighted by Gasteiger charge is 2.36. The molecule has 1 aromatic rings. The second-order valence-corrected chi connectivity index (χ2v) is 7.34. The van der Waals surface area contributed by atoms with Gasteiger partial charge in [0.2, 0.25) is 11.8 Å². The van der Waals surface area contributed by atoms with Gasteiger partial charge in [0.1, 0.15) is 5.82 Å². The van der Waals surface area contributed by atoms with Crippen molar-refractivity contribution in [2.24, 2.45) is 5.92 Å². The Hall–Kier alpha value is -2.41. The van der Waals surface area contributed by atoms with Gasteiger partial charge in [0.15, 0.2) is 0 Å². The minimum Gasteiger partial charge on any atom is -0.392 e. The van der Waals surface area contributed by atoms with Gasteiger partial charge in [-0.3, -0.25) is 9.59 Å². The van der Waals surface area contributed by atoms with Crippen molar-refractivity contribution in [2.45, 2.75) is 26.3 Å². The van der Waals surface area contributed by atoms with Gasteiger partial charge in [0.05, 0.1) is 12.5 Å². The first-order valence-electron chi connectivity index (χ1n) is 9.12. The molecule has 0 bridgehead atoms. The molecule has 4 heterocycles. The molecule has 7 nitrogen and oxygen atoms in total. The van der Waals surface area contributed by atoms with Crippen molar-refractivity contribution >= 4 is 11.8 Å². The van der Waals surface area contributed by atoms with Crippen LogP contribution in [0.25, 0.3) is 0 Å². The van der Waals surface area contributed by atoms with Crippen LogP contribution in [0.2, 0.25) is 0 Å². The maximum atomic E-state index is 13.0. The number of hydrogen-bond donors (Lipinski definition) is 1. The minimum atomic E-state index is -0.130. The summed E-state index contributed by atoms with van der Waals surface area (Å²) in [6, 6.07) is 0. The molecular formula is C19H24N4O3. The average Bonchev–Trinajstić information content (AvgIpc) is 3.32. The predicted octanol–water partition coefficient (Wildman–Crippen LogP) is 0.283. The molecule has 1 unspecified atom stereocenters. The molecule has 0 spiro atoms. The van der Waals surface area contributed by atoms with Crippen molar-refractivity contribution < 1.29 is 14.7 Å². The van der Waals surface area contributed by atoms with Gasteiger partial charge in [-0.15, -0.1) is 0 Å². The van der Waals surface area contributed by atoms with Crippen LogP contribution in [0.15, 0.2) is 29.5 Å². The topological polar surface area (TPSA) is 78.7 Å². The molecule has 26 heavy (non-hydrogen) atoms. The van der Waals surface area contributed by atoms with Crippen LogP contribution in [0.1, 0.15) is 17.9 Å². The lowest BCUT2D eigenvalue weighted by Crippen LogP contribution is -2.41. The number of amides is 2. The number of aromatic nitrogens is 2. The van der Waals surface area contributed by atoms with E-state index in [0.29, 0.717) is 26.2 Å². The van der Waals surface area contributed by atoms with Crippen LogP contribution in [-0.4, -0.2) is 69.1 Å². The number of aliphatic hydroxyl groups excluding tert-OH is 1. The predicted molar refractivity (Wildman–Crippen MR) is 95.2 cm³/mol. The zero-order valence-corrected chi connectivity index (χ0v) is 15.0. The highest BCUT2D eigenvalue weighted by Crippen LogP contribution is 2.29.